The van der Waals surface area contributed by atoms with Crippen LogP contribution >= 0.6 is 11.3 Å². The van der Waals surface area contributed by atoms with E-state index >= 15 is 0 Å². The molecule has 118 valence electrons. The Balaban J connectivity index is 1.94. The molecule has 2 rings (SSSR count). The number of methoxy groups -OCH3 is 1. The molecule has 6 nitrogen and oxygen atoms in total. The number of pyridine rings is 1. The number of carbonyl (C=O) groups is 1. The Bertz CT molecular complexity index is 625. The van der Waals surface area contributed by atoms with Crippen molar-refractivity contribution in [2.45, 2.75) is 20.5 Å². The van der Waals surface area contributed by atoms with E-state index < -0.39 is 0 Å². The van der Waals surface area contributed by atoms with E-state index in [0.717, 1.165) is 10.7 Å². The highest BCUT2D eigenvalue weighted by Crippen LogP contribution is 2.20. The van der Waals surface area contributed by atoms with E-state index in [4.69, 9.17) is 9.47 Å². The van der Waals surface area contributed by atoms with Crippen molar-refractivity contribution in [1.29, 1.82) is 0 Å². The van der Waals surface area contributed by atoms with Gasteiger partial charge in [0, 0.05) is 19.3 Å². The molecular formula is C15H19N3O3S. The summed E-state index contributed by atoms with van der Waals surface area (Å²) in [7, 11) is 1.60. The lowest BCUT2D eigenvalue weighted by atomic mass is 10.4. The van der Waals surface area contributed by atoms with Crippen molar-refractivity contribution in [2.75, 3.05) is 20.3 Å². The Morgan fingerprint density at radius 1 is 1.36 bits per heavy atom. The Labute approximate surface area is 133 Å². The van der Waals surface area contributed by atoms with E-state index in [2.05, 4.69) is 15.3 Å². The van der Waals surface area contributed by atoms with Gasteiger partial charge in [-0.05, 0) is 26.0 Å². The van der Waals surface area contributed by atoms with E-state index in [1.807, 2.05) is 26.0 Å². The molecule has 2 aromatic heterocycles. The summed E-state index contributed by atoms with van der Waals surface area (Å²) < 4.78 is 10.5. The molecule has 0 atom stereocenters. The third-order valence-corrected chi connectivity index (χ3v) is 4.02. The quantitative estimate of drug-likeness (QED) is 0.791. The van der Waals surface area contributed by atoms with Crippen molar-refractivity contribution in [1.82, 2.24) is 15.3 Å². The fraction of sp³-hybridized carbons (Fsp3) is 0.400. The van der Waals surface area contributed by atoms with Crippen molar-refractivity contribution in [3.8, 4) is 5.75 Å². The number of nitrogens with zero attached hydrogens (tertiary/aromatic N) is 2. The van der Waals surface area contributed by atoms with Crippen molar-refractivity contribution in [3.63, 3.8) is 0 Å². The zero-order valence-corrected chi connectivity index (χ0v) is 13.7. The van der Waals surface area contributed by atoms with Crippen LogP contribution < -0.4 is 10.1 Å². The maximum Gasteiger partial charge on any atom is 0.263 e. The molecule has 7 heteroatoms. The lowest BCUT2D eigenvalue weighted by molar-refractivity contribution is 0.0940. The second-order valence-corrected chi connectivity index (χ2v) is 5.78. The molecule has 2 aromatic rings. The van der Waals surface area contributed by atoms with Crippen molar-refractivity contribution in [3.05, 3.63) is 39.6 Å². The van der Waals surface area contributed by atoms with Gasteiger partial charge in [-0.15, -0.1) is 11.3 Å². The van der Waals surface area contributed by atoms with Crippen LogP contribution in [0.2, 0.25) is 0 Å². The highest BCUT2D eigenvalue weighted by atomic mass is 32.1. The van der Waals surface area contributed by atoms with Crippen LogP contribution in [0, 0.1) is 13.8 Å². The summed E-state index contributed by atoms with van der Waals surface area (Å²) in [6.07, 6.45) is 1.67. The standard InChI is InChI=1S/C15H19N3O3S/c1-10-4-5-12(8-17-10)21-9-13-18-11(2)14(22-13)15(19)16-6-7-20-3/h4-5,8H,6-7,9H2,1-3H3,(H,16,19). The van der Waals surface area contributed by atoms with Crippen molar-refractivity contribution < 1.29 is 14.3 Å². The molecule has 0 unspecified atom stereocenters. The van der Waals surface area contributed by atoms with Crippen LogP contribution in [0.5, 0.6) is 5.75 Å². The average molecular weight is 321 g/mol. The van der Waals surface area contributed by atoms with Gasteiger partial charge in [0.2, 0.25) is 0 Å². The third kappa shape index (κ3) is 4.51. The minimum absolute atomic E-state index is 0.129. The van der Waals surface area contributed by atoms with Crippen molar-refractivity contribution in [2.24, 2.45) is 0 Å². The molecule has 1 N–H and O–H groups in total. The number of ether oxygens (including phenoxy) is 2. The zero-order valence-electron chi connectivity index (χ0n) is 12.9. The molecule has 0 aliphatic rings. The molecule has 0 aromatic carbocycles. The van der Waals surface area contributed by atoms with Crippen LogP contribution in [0.15, 0.2) is 18.3 Å². The summed E-state index contributed by atoms with van der Waals surface area (Å²) in [4.78, 5) is 21.2. The van der Waals surface area contributed by atoms with Gasteiger partial charge in [0.25, 0.3) is 5.91 Å². The number of nitrogens with one attached hydrogen (secondary N) is 1. The Morgan fingerprint density at radius 3 is 2.86 bits per heavy atom. The molecular weight excluding hydrogens is 302 g/mol. The van der Waals surface area contributed by atoms with Gasteiger partial charge in [0.1, 0.15) is 22.2 Å². The fourth-order valence-electron chi connectivity index (χ4n) is 1.76. The summed E-state index contributed by atoms with van der Waals surface area (Å²) in [6.45, 7) is 5.02. The Hall–Kier alpha value is -1.99. The normalized spacial score (nSPS) is 10.5. The average Bonchev–Trinajstić information content (AvgIpc) is 2.88. The smallest absolute Gasteiger partial charge is 0.263 e. The summed E-state index contributed by atoms with van der Waals surface area (Å²) in [6, 6.07) is 3.75. The Morgan fingerprint density at radius 2 is 2.18 bits per heavy atom. The summed E-state index contributed by atoms with van der Waals surface area (Å²) in [5.74, 6) is 0.555. The van der Waals surface area contributed by atoms with Crippen LogP contribution in [0.1, 0.15) is 26.1 Å². The maximum atomic E-state index is 12.0. The maximum absolute atomic E-state index is 12.0. The van der Waals surface area contributed by atoms with Gasteiger partial charge < -0.3 is 14.8 Å². The van der Waals surface area contributed by atoms with Crippen LogP contribution in [-0.2, 0) is 11.3 Å². The minimum Gasteiger partial charge on any atom is -0.485 e. The van der Waals surface area contributed by atoms with Crippen LogP contribution in [0.25, 0.3) is 0 Å². The molecule has 0 spiro atoms. The molecule has 0 saturated carbocycles. The topological polar surface area (TPSA) is 73.3 Å². The zero-order chi connectivity index (χ0) is 15.9. The molecule has 2 heterocycles. The molecule has 0 fully saturated rings. The lowest BCUT2D eigenvalue weighted by Gasteiger charge is -2.03. The molecule has 0 saturated heterocycles. The molecule has 22 heavy (non-hydrogen) atoms. The largest absolute Gasteiger partial charge is 0.485 e. The van der Waals surface area contributed by atoms with Crippen molar-refractivity contribution >= 4 is 17.2 Å². The fourth-order valence-corrected chi connectivity index (χ4v) is 2.65. The van der Waals surface area contributed by atoms with E-state index in [9.17, 15) is 4.79 Å². The summed E-state index contributed by atoms with van der Waals surface area (Å²) >= 11 is 1.34. The first-order valence-electron chi connectivity index (χ1n) is 6.89. The second kappa shape index (κ2) is 7.86. The number of aromatic nitrogens is 2. The van der Waals surface area contributed by atoms with Gasteiger partial charge in [-0.25, -0.2) is 4.98 Å². The minimum atomic E-state index is -0.129. The van der Waals surface area contributed by atoms with Gasteiger partial charge >= 0.3 is 0 Å². The van der Waals surface area contributed by atoms with Crippen LogP contribution in [0.4, 0.5) is 0 Å². The van der Waals surface area contributed by atoms with Gasteiger partial charge in [0.15, 0.2) is 0 Å². The van der Waals surface area contributed by atoms with E-state index in [1.165, 1.54) is 11.3 Å². The molecule has 1 amide bonds. The van der Waals surface area contributed by atoms with E-state index in [0.29, 0.717) is 36.1 Å². The van der Waals surface area contributed by atoms with E-state index in [1.54, 1.807) is 13.3 Å². The lowest BCUT2D eigenvalue weighted by Crippen LogP contribution is -2.26. The number of hydrogen-bond donors (Lipinski definition) is 1. The first-order valence-corrected chi connectivity index (χ1v) is 7.70. The predicted octanol–water partition coefficient (Wildman–Crippen LogP) is 2.11. The predicted molar refractivity (Wildman–Crippen MR) is 84.4 cm³/mol. The monoisotopic (exact) mass is 321 g/mol. The summed E-state index contributed by atoms with van der Waals surface area (Å²) in [5, 5.41) is 3.55. The first kappa shape index (κ1) is 16.4. The first-order chi connectivity index (χ1) is 10.6. The Kier molecular flexibility index (Phi) is 5.85. The van der Waals surface area contributed by atoms with Gasteiger partial charge in [0.05, 0.1) is 18.5 Å². The van der Waals surface area contributed by atoms with Gasteiger partial charge in [-0.1, -0.05) is 0 Å². The van der Waals surface area contributed by atoms with Crippen LogP contribution in [-0.4, -0.2) is 36.1 Å². The number of thiazole rings is 1. The van der Waals surface area contributed by atoms with E-state index in [-0.39, 0.29) is 5.91 Å². The van der Waals surface area contributed by atoms with Gasteiger partial charge in [-0.3, -0.25) is 9.78 Å². The number of rotatable bonds is 7. The summed E-state index contributed by atoms with van der Waals surface area (Å²) in [5.41, 5.74) is 1.65. The van der Waals surface area contributed by atoms with Gasteiger partial charge in [-0.2, -0.15) is 0 Å². The number of carbonyl (C=O) groups excluding carboxylic acids is 1. The number of amides is 1. The molecule has 0 aliphatic carbocycles. The molecule has 0 bridgehead atoms. The second-order valence-electron chi connectivity index (χ2n) is 4.69. The highest BCUT2D eigenvalue weighted by Gasteiger charge is 2.15. The number of hydrogen-bond acceptors (Lipinski definition) is 6. The molecule has 0 aliphatic heterocycles. The molecule has 0 radical (unpaired) electrons. The SMILES string of the molecule is COCCNC(=O)c1sc(COc2ccc(C)nc2)nc1C. The highest BCUT2D eigenvalue weighted by molar-refractivity contribution is 7.13. The third-order valence-electron chi connectivity index (χ3n) is 2.89. The van der Waals surface area contributed by atoms with Crippen LogP contribution in [0.3, 0.4) is 0 Å². The number of aryl methyl sites for hydroxylation is 2.